The Kier molecular flexibility index (Phi) is 1.12. The van der Waals surface area contributed by atoms with Gasteiger partial charge in [0, 0.05) is 5.92 Å². The van der Waals surface area contributed by atoms with Gasteiger partial charge in [0.1, 0.15) is 6.10 Å². The van der Waals surface area contributed by atoms with Crippen molar-refractivity contribution in [2.75, 3.05) is 0 Å². The molecular formula is C10H14O. The van der Waals surface area contributed by atoms with Crippen molar-refractivity contribution in [3.63, 3.8) is 0 Å². The fraction of sp³-hybridized carbons (Fsp3) is 0.800. The van der Waals surface area contributed by atoms with E-state index in [0.717, 1.165) is 17.8 Å². The molecule has 2 fully saturated rings. The summed E-state index contributed by atoms with van der Waals surface area (Å²) >= 11 is 0. The first kappa shape index (κ1) is 6.10. The maximum absolute atomic E-state index is 5.66. The number of hydrogen-bond acceptors (Lipinski definition) is 1. The predicted octanol–water partition coefficient (Wildman–Crippen LogP) is 2.34. The van der Waals surface area contributed by atoms with Crippen molar-refractivity contribution in [3.8, 4) is 0 Å². The van der Waals surface area contributed by atoms with Crippen molar-refractivity contribution in [1.82, 2.24) is 0 Å². The van der Waals surface area contributed by atoms with Crippen molar-refractivity contribution in [2.24, 2.45) is 17.8 Å². The van der Waals surface area contributed by atoms with Crippen molar-refractivity contribution >= 4 is 0 Å². The van der Waals surface area contributed by atoms with E-state index in [-0.39, 0.29) is 0 Å². The van der Waals surface area contributed by atoms with Crippen LogP contribution in [0.5, 0.6) is 0 Å². The van der Waals surface area contributed by atoms with E-state index in [1.165, 1.54) is 25.7 Å². The molecule has 0 spiro atoms. The Morgan fingerprint density at radius 3 is 3.00 bits per heavy atom. The molecule has 0 aromatic heterocycles. The zero-order chi connectivity index (χ0) is 7.26. The lowest BCUT2D eigenvalue weighted by Crippen LogP contribution is -2.30. The lowest BCUT2D eigenvalue weighted by Gasteiger charge is -2.32. The molecule has 60 valence electrons. The molecule has 1 nitrogen and oxygen atoms in total. The highest BCUT2D eigenvalue weighted by Gasteiger charge is 2.48. The maximum Gasteiger partial charge on any atom is 0.104 e. The van der Waals surface area contributed by atoms with Crippen LogP contribution in [0.2, 0.25) is 0 Å². The highest BCUT2D eigenvalue weighted by Crippen LogP contribution is 2.52. The van der Waals surface area contributed by atoms with Gasteiger partial charge in [0.15, 0.2) is 0 Å². The largest absolute Gasteiger partial charge is 0.498 e. The first-order valence-electron chi connectivity index (χ1n) is 4.75. The first-order chi connectivity index (χ1) is 5.45. The molecule has 0 saturated heterocycles. The van der Waals surface area contributed by atoms with Gasteiger partial charge in [-0.1, -0.05) is 0 Å². The smallest absolute Gasteiger partial charge is 0.104 e. The van der Waals surface area contributed by atoms with Crippen LogP contribution in [-0.2, 0) is 4.74 Å². The van der Waals surface area contributed by atoms with Crippen molar-refractivity contribution in [1.29, 1.82) is 0 Å². The number of rotatable bonds is 0. The second-order valence-corrected chi connectivity index (χ2v) is 4.21. The van der Waals surface area contributed by atoms with E-state index in [1.54, 1.807) is 0 Å². The monoisotopic (exact) mass is 150 g/mol. The molecule has 2 bridgehead atoms. The highest BCUT2D eigenvalue weighted by atomic mass is 16.5. The van der Waals surface area contributed by atoms with Gasteiger partial charge in [0.05, 0.1) is 6.26 Å². The van der Waals surface area contributed by atoms with Crippen LogP contribution >= 0.6 is 0 Å². The Balaban J connectivity index is 1.91. The van der Waals surface area contributed by atoms with Crippen LogP contribution in [-0.4, -0.2) is 6.10 Å². The van der Waals surface area contributed by atoms with E-state index in [2.05, 4.69) is 6.08 Å². The van der Waals surface area contributed by atoms with Crippen LogP contribution in [0.1, 0.15) is 25.7 Å². The Labute approximate surface area is 67.4 Å². The van der Waals surface area contributed by atoms with Gasteiger partial charge < -0.3 is 4.74 Å². The predicted molar refractivity (Wildman–Crippen MR) is 43.0 cm³/mol. The van der Waals surface area contributed by atoms with E-state index in [4.69, 9.17) is 4.74 Å². The van der Waals surface area contributed by atoms with E-state index >= 15 is 0 Å². The third-order valence-corrected chi connectivity index (χ3v) is 3.75. The van der Waals surface area contributed by atoms with Crippen molar-refractivity contribution in [2.45, 2.75) is 31.8 Å². The molecule has 2 aliphatic carbocycles. The molecule has 0 aromatic rings. The third kappa shape index (κ3) is 0.715. The summed E-state index contributed by atoms with van der Waals surface area (Å²) in [7, 11) is 0. The molecule has 0 aromatic carbocycles. The van der Waals surface area contributed by atoms with Gasteiger partial charge in [-0.15, -0.1) is 0 Å². The number of hydrogen-bond donors (Lipinski definition) is 0. The highest BCUT2D eigenvalue weighted by molar-refractivity contribution is 5.03. The summed E-state index contributed by atoms with van der Waals surface area (Å²) in [4.78, 5) is 0. The third-order valence-electron chi connectivity index (χ3n) is 3.75. The zero-order valence-electron chi connectivity index (χ0n) is 6.70. The van der Waals surface area contributed by atoms with Crippen LogP contribution in [0.25, 0.3) is 0 Å². The SMILES string of the molecule is C1=COC2C3CCC(C3)C2C1. The molecule has 1 heterocycles. The van der Waals surface area contributed by atoms with Gasteiger partial charge >= 0.3 is 0 Å². The van der Waals surface area contributed by atoms with Gasteiger partial charge in [0.2, 0.25) is 0 Å². The average Bonchev–Trinajstić information content (AvgIpc) is 2.64. The van der Waals surface area contributed by atoms with Gasteiger partial charge in [-0.3, -0.25) is 0 Å². The minimum absolute atomic E-state index is 0.610. The molecule has 0 N–H and O–H groups in total. The number of fused-ring (bicyclic) bond motifs is 5. The summed E-state index contributed by atoms with van der Waals surface area (Å²) in [6.07, 6.45) is 10.4. The zero-order valence-corrected chi connectivity index (χ0v) is 6.70. The standard InChI is InChI=1S/C10H14O/c1-2-9-7-3-4-8(6-7)10(9)11-5-1/h1,5,7-10H,2-4,6H2. The van der Waals surface area contributed by atoms with Crippen LogP contribution < -0.4 is 0 Å². The fourth-order valence-electron chi connectivity index (χ4n) is 3.26. The lowest BCUT2D eigenvalue weighted by atomic mass is 9.83. The molecule has 3 rings (SSSR count). The minimum atomic E-state index is 0.610. The average molecular weight is 150 g/mol. The summed E-state index contributed by atoms with van der Waals surface area (Å²) in [5, 5.41) is 0. The van der Waals surface area contributed by atoms with Crippen molar-refractivity contribution in [3.05, 3.63) is 12.3 Å². The Morgan fingerprint density at radius 1 is 1.18 bits per heavy atom. The summed E-state index contributed by atoms with van der Waals surface area (Å²) < 4.78 is 5.66. The molecule has 4 atom stereocenters. The minimum Gasteiger partial charge on any atom is -0.498 e. The van der Waals surface area contributed by atoms with E-state index < -0.39 is 0 Å². The second kappa shape index (κ2) is 2.02. The van der Waals surface area contributed by atoms with Gasteiger partial charge in [-0.2, -0.15) is 0 Å². The normalized spacial score (nSPS) is 52.4. The number of allylic oxidation sites excluding steroid dienone is 1. The second-order valence-electron chi connectivity index (χ2n) is 4.21. The summed E-state index contributed by atoms with van der Waals surface area (Å²) in [6, 6.07) is 0. The molecule has 0 radical (unpaired) electrons. The van der Waals surface area contributed by atoms with E-state index in [9.17, 15) is 0 Å². The van der Waals surface area contributed by atoms with Crippen LogP contribution in [0, 0.1) is 17.8 Å². The van der Waals surface area contributed by atoms with Crippen LogP contribution in [0.15, 0.2) is 12.3 Å². The van der Waals surface area contributed by atoms with Crippen LogP contribution in [0.4, 0.5) is 0 Å². The lowest BCUT2D eigenvalue weighted by molar-refractivity contribution is 0.0308. The molecule has 0 amide bonds. The Hall–Kier alpha value is -0.460. The maximum atomic E-state index is 5.66. The summed E-state index contributed by atoms with van der Waals surface area (Å²) in [6.45, 7) is 0. The Morgan fingerprint density at radius 2 is 2.09 bits per heavy atom. The van der Waals surface area contributed by atoms with Crippen LogP contribution in [0.3, 0.4) is 0 Å². The molecule has 4 unspecified atom stereocenters. The van der Waals surface area contributed by atoms with Crippen molar-refractivity contribution < 1.29 is 4.74 Å². The summed E-state index contributed by atoms with van der Waals surface area (Å²) in [5.41, 5.74) is 0. The molecule has 11 heavy (non-hydrogen) atoms. The first-order valence-corrected chi connectivity index (χ1v) is 4.75. The van der Waals surface area contributed by atoms with E-state index in [0.29, 0.717) is 6.10 Å². The van der Waals surface area contributed by atoms with E-state index in [1.807, 2.05) is 6.26 Å². The molecule has 1 aliphatic heterocycles. The topological polar surface area (TPSA) is 9.23 Å². The van der Waals surface area contributed by atoms with Gasteiger partial charge in [-0.05, 0) is 43.6 Å². The molecule has 2 saturated carbocycles. The molecular weight excluding hydrogens is 136 g/mol. The quantitative estimate of drug-likeness (QED) is 0.515. The summed E-state index contributed by atoms with van der Waals surface area (Å²) in [5.74, 6) is 2.81. The number of ether oxygens (including phenoxy) is 1. The Bertz CT molecular complexity index is 177. The molecule has 1 heteroatoms. The molecule has 3 aliphatic rings. The van der Waals surface area contributed by atoms with Gasteiger partial charge in [-0.25, -0.2) is 0 Å². The van der Waals surface area contributed by atoms with Gasteiger partial charge in [0.25, 0.3) is 0 Å². The fourth-order valence-corrected chi connectivity index (χ4v) is 3.26.